The lowest BCUT2D eigenvalue weighted by atomic mass is 10.2. The number of rotatable bonds is 2. The van der Waals surface area contributed by atoms with Gasteiger partial charge in [-0.25, -0.2) is 4.79 Å². The minimum Gasteiger partial charge on any atom is -0.338 e. The number of amides is 3. The molecule has 5 heteroatoms. The number of carbonyl (C=O) groups is 2. The summed E-state index contributed by atoms with van der Waals surface area (Å²) in [6.45, 7) is 2.26. The van der Waals surface area contributed by atoms with Gasteiger partial charge in [-0.05, 0) is 19.1 Å². The van der Waals surface area contributed by atoms with Crippen molar-refractivity contribution in [1.82, 2.24) is 15.6 Å². The third-order valence-electron chi connectivity index (χ3n) is 1.51. The minimum absolute atomic E-state index is 0.409. The molecule has 0 radical (unpaired) electrons. The molecule has 0 bridgehead atoms. The van der Waals surface area contributed by atoms with Crippen LogP contribution in [0.4, 0.5) is 4.79 Å². The second kappa shape index (κ2) is 4.96. The Hall–Kier alpha value is -1.91. The van der Waals surface area contributed by atoms with Crippen LogP contribution in [0.1, 0.15) is 17.3 Å². The van der Waals surface area contributed by atoms with Gasteiger partial charge in [0.15, 0.2) is 0 Å². The number of carbonyl (C=O) groups excluding carboxylic acids is 2. The maximum atomic E-state index is 11.3. The lowest BCUT2D eigenvalue weighted by molar-refractivity contribution is 0.0964. The van der Waals surface area contributed by atoms with Crippen molar-refractivity contribution in [2.45, 2.75) is 6.92 Å². The molecule has 0 aliphatic rings. The Labute approximate surface area is 81.5 Å². The van der Waals surface area contributed by atoms with E-state index in [-0.39, 0.29) is 0 Å². The summed E-state index contributed by atoms with van der Waals surface area (Å²) < 4.78 is 0. The summed E-state index contributed by atoms with van der Waals surface area (Å²) in [6, 6.07) is 2.58. The molecule has 1 heterocycles. The van der Waals surface area contributed by atoms with Crippen LogP contribution in [-0.2, 0) is 0 Å². The van der Waals surface area contributed by atoms with Crippen LogP contribution < -0.4 is 10.6 Å². The van der Waals surface area contributed by atoms with E-state index in [0.717, 1.165) is 0 Å². The Morgan fingerprint density at radius 2 is 2.00 bits per heavy atom. The van der Waals surface area contributed by atoms with Crippen molar-refractivity contribution in [1.29, 1.82) is 0 Å². The molecule has 0 aromatic carbocycles. The van der Waals surface area contributed by atoms with Crippen LogP contribution in [-0.4, -0.2) is 23.5 Å². The molecule has 0 saturated heterocycles. The summed E-state index contributed by atoms with van der Waals surface area (Å²) in [4.78, 5) is 26.1. The zero-order valence-electron chi connectivity index (χ0n) is 7.78. The number of hydrogen-bond donors (Lipinski definition) is 2. The van der Waals surface area contributed by atoms with Gasteiger partial charge in [0.1, 0.15) is 0 Å². The third-order valence-corrected chi connectivity index (χ3v) is 1.51. The largest absolute Gasteiger partial charge is 0.338 e. The lowest BCUT2D eigenvalue weighted by Gasteiger charge is -2.03. The van der Waals surface area contributed by atoms with E-state index in [2.05, 4.69) is 15.6 Å². The monoisotopic (exact) mass is 193 g/mol. The molecule has 0 fully saturated rings. The fraction of sp³-hybridized carbons (Fsp3) is 0.222. The van der Waals surface area contributed by atoms with Crippen molar-refractivity contribution in [3.05, 3.63) is 30.1 Å². The Kier molecular flexibility index (Phi) is 3.60. The molecule has 0 spiro atoms. The van der Waals surface area contributed by atoms with Gasteiger partial charge in [0.2, 0.25) is 0 Å². The molecule has 0 atom stereocenters. The molecule has 2 N–H and O–H groups in total. The fourth-order valence-electron chi connectivity index (χ4n) is 0.883. The molecule has 14 heavy (non-hydrogen) atoms. The summed E-state index contributed by atoms with van der Waals surface area (Å²) in [5.74, 6) is -0.432. The van der Waals surface area contributed by atoms with Crippen molar-refractivity contribution in [2.75, 3.05) is 6.54 Å². The normalized spacial score (nSPS) is 9.21. The molecule has 0 aliphatic carbocycles. The first-order valence-electron chi connectivity index (χ1n) is 4.23. The molecular weight excluding hydrogens is 182 g/mol. The van der Waals surface area contributed by atoms with Crippen LogP contribution in [0.2, 0.25) is 0 Å². The van der Waals surface area contributed by atoms with Crippen LogP contribution in [0.15, 0.2) is 24.5 Å². The summed E-state index contributed by atoms with van der Waals surface area (Å²) in [7, 11) is 0. The minimum atomic E-state index is -0.491. The van der Waals surface area contributed by atoms with E-state index >= 15 is 0 Å². The van der Waals surface area contributed by atoms with Crippen molar-refractivity contribution in [3.8, 4) is 0 Å². The quantitative estimate of drug-likeness (QED) is 0.720. The van der Waals surface area contributed by atoms with Gasteiger partial charge in [-0.15, -0.1) is 0 Å². The number of imide groups is 1. The Morgan fingerprint density at radius 1 is 1.36 bits per heavy atom. The average molecular weight is 193 g/mol. The number of nitrogens with zero attached hydrogens (tertiary/aromatic N) is 1. The molecule has 0 aliphatic heterocycles. The average Bonchev–Trinajstić information content (AvgIpc) is 2.19. The smallest absolute Gasteiger partial charge is 0.321 e. The maximum Gasteiger partial charge on any atom is 0.321 e. The summed E-state index contributed by atoms with van der Waals surface area (Å²) in [6.07, 6.45) is 2.99. The van der Waals surface area contributed by atoms with Crippen molar-refractivity contribution in [3.63, 3.8) is 0 Å². The molecule has 1 aromatic rings. The molecule has 3 amide bonds. The summed E-state index contributed by atoms with van der Waals surface area (Å²) >= 11 is 0. The molecule has 0 unspecified atom stereocenters. The lowest BCUT2D eigenvalue weighted by Crippen LogP contribution is -2.39. The molecule has 1 rings (SSSR count). The van der Waals surface area contributed by atoms with E-state index in [1.54, 1.807) is 6.92 Å². The Balaban J connectivity index is 2.55. The second-order valence-corrected chi connectivity index (χ2v) is 2.55. The SMILES string of the molecule is CCNC(=O)NC(=O)c1ccncc1. The van der Waals surface area contributed by atoms with Crippen LogP contribution in [0.3, 0.4) is 0 Å². The number of hydrogen-bond acceptors (Lipinski definition) is 3. The van der Waals surface area contributed by atoms with Crippen LogP contribution in [0.25, 0.3) is 0 Å². The number of urea groups is 1. The highest BCUT2D eigenvalue weighted by Crippen LogP contribution is 1.94. The number of pyridine rings is 1. The van der Waals surface area contributed by atoms with Gasteiger partial charge in [0.05, 0.1) is 0 Å². The van der Waals surface area contributed by atoms with Crippen LogP contribution >= 0.6 is 0 Å². The van der Waals surface area contributed by atoms with Gasteiger partial charge < -0.3 is 5.32 Å². The molecule has 74 valence electrons. The highest BCUT2D eigenvalue weighted by molar-refractivity contribution is 6.04. The molecule has 0 saturated carbocycles. The van der Waals surface area contributed by atoms with Crippen molar-refractivity contribution < 1.29 is 9.59 Å². The van der Waals surface area contributed by atoms with Crippen LogP contribution in [0.5, 0.6) is 0 Å². The predicted molar refractivity (Wildman–Crippen MR) is 50.8 cm³/mol. The van der Waals surface area contributed by atoms with E-state index in [9.17, 15) is 9.59 Å². The van der Waals surface area contributed by atoms with Crippen molar-refractivity contribution >= 4 is 11.9 Å². The van der Waals surface area contributed by atoms with E-state index < -0.39 is 11.9 Å². The van der Waals surface area contributed by atoms with E-state index in [4.69, 9.17) is 0 Å². The van der Waals surface area contributed by atoms with Crippen molar-refractivity contribution in [2.24, 2.45) is 0 Å². The first-order chi connectivity index (χ1) is 6.74. The number of aromatic nitrogens is 1. The molecule has 1 aromatic heterocycles. The van der Waals surface area contributed by atoms with Gasteiger partial charge >= 0.3 is 6.03 Å². The zero-order chi connectivity index (χ0) is 10.4. The van der Waals surface area contributed by atoms with Gasteiger partial charge in [-0.2, -0.15) is 0 Å². The second-order valence-electron chi connectivity index (χ2n) is 2.55. The molecule has 5 nitrogen and oxygen atoms in total. The van der Waals surface area contributed by atoms with E-state index in [0.29, 0.717) is 12.1 Å². The van der Waals surface area contributed by atoms with E-state index in [1.807, 2.05) is 0 Å². The predicted octanol–water partition coefficient (Wildman–Crippen LogP) is 0.541. The van der Waals surface area contributed by atoms with Gasteiger partial charge in [0.25, 0.3) is 5.91 Å². The number of nitrogens with one attached hydrogen (secondary N) is 2. The van der Waals surface area contributed by atoms with E-state index in [1.165, 1.54) is 24.5 Å². The third kappa shape index (κ3) is 2.85. The van der Waals surface area contributed by atoms with Gasteiger partial charge in [-0.1, -0.05) is 0 Å². The first-order valence-corrected chi connectivity index (χ1v) is 4.23. The molecular formula is C9H11N3O2. The van der Waals surface area contributed by atoms with Crippen LogP contribution in [0, 0.1) is 0 Å². The highest BCUT2D eigenvalue weighted by atomic mass is 16.2. The summed E-state index contributed by atoms with van der Waals surface area (Å²) in [5, 5.41) is 4.64. The Morgan fingerprint density at radius 3 is 2.57 bits per heavy atom. The Bertz CT molecular complexity index is 324. The maximum absolute atomic E-state index is 11.3. The zero-order valence-corrected chi connectivity index (χ0v) is 7.78. The summed E-state index contributed by atoms with van der Waals surface area (Å²) in [5.41, 5.74) is 0.409. The van der Waals surface area contributed by atoms with Gasteiger partial charge in [-0.3, -0.25) is 15.1 Å². The highest BCUT2D eigenvalue weighted by Gasteiger charge is 2.07. The fourth-order valence-corrected chi connectivity index (χ4v) is 0.883. The standard InChI is InChI=1S/C9H11N3O2/c1-2-11-9(14)12-8(13)7-3-5-10-6-4-7/h3-6H,2H2,1H3,(H2,11,12,13,14). The van der Waals surface area contributed by atoms with Gasteiger partial charge in [0, 0.05) is 24.5 Å². The topological polar surface area (TPSA) is 71.1 Å². The first kappa shape index (κ1) is 10.2.